The van der Waals surface area contributed by atoms with E-state index in [-0.39, 0.29) is 30.3 Å². The largest absolute Gasteiger partial charge is 0.496 e. The van der Waals surface area contributed by atoms with Crippen LogP contribution in [0.3, 0.4) is 0 Å². The van der Waals surface area contributed by atoms with Crippen LogP contribution in [0.2, 0.25) is 0 Å². The molecule has 2 aromatic carbocycles. The Morgan fingerprint density at radius 1 is 1.10 bits per heavy atom. The molecule has 0 aromatic heterocycles. The molecular weight excluding hydrogens is 380 g/mol. The number of benzene rings is 2. The first-order chi connectivity index (χ1) is 14.5. The minimum Gasteiger partial charge on any atom is -0.496 e. The molecule has 6 nitrogen and oxygen atoms in total. The first-order valence-electron chi connectivity index (χ1n) is 10.4. The van der Waals surface area contributed by atoms with Crippen molar-refractivity contribution in [3.05, 3.63) is 64.7 Å². The molecule has 1 saturated carbocycles. The van der Waals surface area contributed by atoms with Gasteiger partial charge in [-0.15, -0.1) is 0 Å². The van der Waals surface area contributed by atoms with Gasteiger partial charge < -0.3 is 10.1 Å². The zero-order valence-corrected chi connectivity index (χ0v) is 17.3. The molecule has 4 rings (SSSR count). The lowest BCUT2D eigenvalue weighted by molar-refractivity contribution is 0.0642. The molecule has 1 N–H and O–H groups in total. The summed E-state index contributed by atoms with van der Waals surface area (Å²) in [4.78, 5) is 39.5. The number of fused-ring (bicyclic) bond motifs is 1. The summed E-state index contributed by atoms with van der Waals surface area (Å²) in [5, 5.41) is 3.13. The Morgan fingerprint density at radius 3 is 2.43 bits per heavy atom. The second kappa shape index (κ2) is 8.30. The predicted molar refractivity (Wildman–Crippen MR) is 113 cm³/mol. The van der Waals surface area contributed by atoms with Gasteiger partial charge in [0, 0.05) is 6.04 Å². The number of hydrogen-bond acceptors (Lipinski definition) is 4. The van der Waals surface area contributed by atoms with E-state index in [1.54, 1.807) is 42.5 Å². The van der Waals surface area contributed by atoms with Crippen LogP contribution in [0.5, 0.6) is 5.75 Å². The summed E-state index contributed by atoms with van der Waals surface area (Å²) in [5.41, 5.74) is 1.96. The Labute approximate surface area is 176 Å². The minimum atomic E-state index is -0.311. The molecule has 6 heteroatoms. The zero-order valence-electron chi connectivity index (χ0n) is 17.3. The number of imide groups is 1. The fourth-order valence-electron chi connectivity index (χ4n) is 4.42. The molecule has 1 aliphatic heterocycles. The van der Waals surface area contributed by atoms with Gasteiger partial charge in [-0.05, 0) is 48.6 Å². The first-order valence-corrected chi connectivity index (χ1v) is 10.4. The molecule has 0 radical (unpaired) electrons. The van der Waals surface area contributed by atoms with E-state index >= 15 is 0 Å². The van der Waals surface area contributed by atoms with Crippen LogP contribution in [0.25, 0.3) is 0 Å². The second-order valence-corrected chi connectivity index (χ2v) is 8.22. The standard InChI is InChI=1S/C24H26N2O4/c1-15-6-5-7-17(12-15)25-22(27)20-13-16(10-11-21(20)30-2)14-26-23(28)18-8-3-4-9-19(18)24(26)29/h3-4,8-11,13,15,17H,5-7,12,14H2,1-2H3,(H,25,27). The van der Waals surface area contributed by atoms with Crippen LogP contribution in [0.1, 0.15) is 69.2 Å². The van der Waals surface area contributed by atoms with Crippen molar-refractivity contribution in [1.82, 2.24) is 10.2 Å². The molecule has 1 fully saturated rings. The highest BCUT2D eigenvalue weighted by Gasteiger charge is 2.35. The molecule has 3 amide bonds. The molecule has 0 spiro atoms. The number of ether oxygens (including phenoxy) is 1. The number of hydrogen-bond donors (Lipinski definition) is 1. The number of nitrogens with zero attached hydrogens (tertiary/aromatic N) is 1. The van der Waals surface area contributed by atoms with E-state index in [0.717, 1.165) is 19.3 Å². The number of amides is 3. The Morgan fingerprint density at radius 2 is 1.80 bits per heavy atom. The van der Waals surface area contributed by atoms with E-state index in [1.807, 2.05) is 0 Å². The third kappa shape index (κ3) is 3.82. The maximum absolute atomic E-state index is 13.0. The smallest absolute Gasteiger partial charge is 0.261 e. The van der Waals surface area contributed by atoms with Gasteiger partial charge in [-0.1, -0.05) is 38.0 Å². The van der Waals surface area contributed by atoms with E-state index in [2.05, 4.69) is 12.2 Å². The molecule has 2 aliphatic rings. The molecule has 0 saturated heterocycles. The average Bonchev–Trinajstić information content (AvgIpc) is 2.99. The predicted octanol–water partition coefficient (Wildman–Crippen LogP) is 3.80. The summed E-state index contributed by atoms with van der Waals surface area (Å²) in [6.07, 6.45) is 4.27. The van der Waals surface area contributed by atoms with E-state index < -0.39 is 0 Å². The van der Waals surface area contributed by atoms with Crippen LogP contribution < -0.4 is 10.1 Å². The molecule has 2 atom stereocenters. The summed E-state index contributed by atoms with van der Waals surface area (Å²) in [5.74, 6) is 0.269. The lowest BCUT2D eigenvalue weighted by Crippen LogP contribution is -2.38. The SMILES string of the molecule is COc1ccc(CN2C(=O)c3ccccc3C2=O)cc1C(=O)NC1CCCC(C)C1. The molecule has 2 unspecified atom stereocenters. The number of carbonyl (C=O) groups excluding carboxylic acids is 3. The van der Waals surface area contributed by atoms with Crippen LogP contribution in [-0.2, 0) is 6.54 Å². The van der Waals surface area contributed by atoms with Gasteiger partial charge in [0.15, 0.2) is 0 Å². The molecule has 30 heavy (non-hydrogen) atoms. The van der Waals surface area contributed by atoms with Crippen LogP contribution in [-0.4, -0.2) is 35.8 Å². The lowest BCUT2D eigenvalue weighted by Gasteiger charge is -2.27. The van der Waals surface area contributed by atoms with E-state index in [9.17, 15) is 14.4 Å². The van der Waals surface area contributed by atoms with Gasteiger partial charge in [0.1, 0.15) is 5.75 Å². The van der Waals surface area contributed by atoms with E-state index in [1.165, 1.54) is 18.4 Å². The first kappa shape index (κ1) is 20.1. The molecule has 1 heterocycles. The van der Waals surface area contributed by atoms with Gasteiger partial charge >= 0.3 is 0 Å². The van der Waals surface area contributed by atoms with Crippen LogP contribution in [0, 0.1) is 5.92 Å². The molecule has 0 bridgehead atoms. The number of rotatable bonds is 5. The molecule has 2 aromatic rings. The quantitative estimate of drug-likeness (QED) is 0.767. The van der Waals surface area contributed by atoms with Gasteiger partial charge in [0.05, 0.1) is 30.3 Å². The van der Waals surface area contributed by atoms with Gasteiger partial charge in [0.2, 0.25) is 0 Å². The Bertz CT molecular complexity index is 965. The zero-order chi connectivity index (χ0) is 21.3. The maximum atomic E-state index is 13.0. The summed E-state index contributed by atoms with van der Waals surface area (Å²) in [7, 11) is 1.53. The summed E-state index contributed by atoms with van der Waals surface area (Å²) in [6.45, 7) is 2.32. The molecule has 1 aliphatic carbocycles. The molecular formula is C24H26N2O4. The van der Waals surface area contributed by atoms with Crippen molar-refractivity contribution in [1.29, 1.82) is 0 Å². The third-order valence-electron chi connectivity index (χ3n) is 6.00. The van der Waals surface area contributed by atoms with E-state index in [4.69, 9.17) is 4.74 Å². The highest BCUT2D eigenvalue weighted by atomic mass is 16.5. The second-order valence-electron chi connectivity index (χ2n) is 8.22. The Kier molecular flexibility index (Phi) is 5.57. The minimum absolute atomic E-state index is 0.108. The van der Waals surface area contributed by atoms with Crippen molar-refractivity contribution in [2.24, 2.45) is 5.92 Å². The Hall–Kier alpha value is -3.15. The maximum Gasteiger partial charge on any atom is 0.261 e. The number of nitrogens with one attached hydrogen (secondary N) is 1. The van der Waals surface area contributed by atoms with Crippen molar-refractivity contribution < 1.29 is 19.1 Å². The van der Waals surface area contributed by atoms with Crippen molar-refractivity contribution in [3.8, 4) is 5.75 Å². The fraction of sp³-hybridized carbons (Fsp3) is 0.375. The summed E-state index contributed by atoms with van der Waals surface area (Å²) in [6, 6.07) is 12.2. The molecule has 156 valence electrons. The number of carbonyl (C=O) groups is 3. The van der Waals surface area contributed by atoms with Crippen molar-refractivity contribution in [2.75, 3.05) is 7.11 Å². The number of methoxy groups -OCH3 is 1. The average molecular weight is 406 g/mol. The van der Waals surface area contributed by atoms with Crippen molar-refractivity contribution >= 4 is 17.7 Å². The van der Waals surface area contributed by atoms with Gasteiger partial charge in [-0.2, -0.15) is 0 Å². The normalized spacial score (nSPS) is 20.8. The van der Waals surface area contributed by atoms with Gasteiger partial charge in [-0.25, -0.2) is 0 Å². The third-order valence-corrected chi connectivity index (χ3v) is 6.00. The topological polar surface area (TPSA) is 75.7 Å². The fourth-order valence-corrected chi connectivity index (χ4v) is 4.42. The Balaban J connectivity index is 1.54. The monoisotopic (exact) mass is 406 g/mol. The van der Waals surface area contributed by atoms with Gasteiger partial charge in [0.25, 0.3) is 17.7 Å². The summed E-state index contributed by atoms with van der Waals surface area (Å²) >= 11 is 0. The van der Waals surface area contributed by atoms with Gasteiger partial charge in [-0.3, -0.25) is 19.3 Å². The van der Waals surface area contributed by atoms with Crippen molar-refractivity contribution in [3.63, 3.8) is 0 Å². The summed E-state index contributed by atoms with van der Waals surface area (Å²) < 4.78 is 5.39. The van der Waals surface area contributed by atoms with Crippen LogP contribution >= 0.6 is 0 Å². The highest BCUT2D eigenvalue weighted by molar-refractivity contribution is 6.21. The van der Waals surface area contributed by atoms with Crippen LogP contribution in [0.15, 0.2) is 42.5 Å². The lowest BCUT2D eigenvalue weighted by atomic mass is 9.87. The highest BCUT2D eigenvalue weighted by Crippen LogP contribution is 2.28. The van der Waals surface area contributed by atoms with Crippen LogP contribution in [0.4, 0.5) is 0 Å². The van der Waals surface area contributed by atoms with E-state index in [0.29, 0.717) is 33.9 Å². The van der Waals surface area contributed by atoms with Crippen molar-refractivity contribution in [2.45, 2.75) is 45.2 Å².